The number of hydrogen-bond donors (Lipinski definition) is 1. The average molecular weight is 389 g/mol. The van der Waals surface area contributed by atoms with Gasteiger partial charge in [-0.05, 0) is 49.2 Å². The summed E-state index contributed by atoms with van der Waals surface area (Å²) in [5.74, 6) is 6.58. The van der Waals surface area contributed by atoms with Crippen molar-refractivity contribution in [3.8, 4) is 23.4 Å². The lowest BCUT2D eigenvalue weighted by atomic mass is 10.1. The molecule has 4 rings (SSSR count). The fourth-order valence-corrected chi connectivity index (χ4v) is 3.08. The number of piperidine rings is 1. The SMILES string of the molecule is O=C(NCC#Cc1ccc(N2CCCCC2=O)cc1)c1cc(-c2ccco2)on1. The van der Waals surface area contributed by atoms with Crippen LogP contribution in [0.4, 0.5) is 5.69 Å². The normalized spacial score (nSPS) is 13.7. The molecule has 146 valence electrons. The molecule has 1 aromatic carbocycles. The van der Waals surface area contributed by atoms with Crippen molar-refractivity contribution in [3.05, 3.63) is 60.0 Å². The number of nitrogens with one attached hydrogen (secondary N) is 1. The second-order valence-corrected chi connectivity index (χ2v) is 6.59. The highest BCUT2D eigenvalue weighted by atomic mass is 16.5. The van der Waals surface area contributed by atoms with Crippen molar-refractivity contribution in [3.63, 3.8) is 0 Å². The van der Waals surface area contributed by atoms with Crippen molar-refractivity contribution in [1.29, 1.82) is 0 Å². The third-order valence-corrected chi connectivity index (χ3v) is 4.58. The Morgan fingerprint density at radius 3 is 2.79 bits per heavy atom. The van der Waals surface area contributed by atoms with Gasteiger partial charge in [0.25, 0.3) is 5.91 Å². The minimum Gasteiger partial charge on any atom is -0.461 e. The van der Waals surface area contributed by atoms with Gasteiger partial charge in [0.1, 0.15) is 0 Å². The van der Waals surface area contributed by atoms with Gasteiger partial charge in [-0.1, -0.05) is 17.0 Å². The molecule has 2 aromatic heterocycles. The van der Waals surface area contributed by atoms with E-state index in [-0.39, 0.29) is 24.1 Å². The Balaban J connectivity index is 1.31. The van der Waals surface area contributed by atoms with Crippen LogP contribution in [0.15, 0.2) is 57.7 Å². The minimum absolute atomic E-state index is 0.161. The van der Waals surface area contributed by atoms with E-state index in [0.29, 0.717) is 17.9 Å². The van der Waals surface area contributed by atoms with Crippen LogP contribution in [0.1, 0.15) is 35.3 Å². The topological polar surface area (TPSA) is 88.6 Å². The predicted octanol–water partition coefficient (Wildman–Crippen LogP) is 3.23. The molecule has 2 amide bonds. The lowest BCUT2D eigenvalue weighted by Gasteiger charge is -2.26. The van der Waals surface area contributed by atoms with Crippen molar-refractivity contribution in [2.45, 2.75) is 19.3 Å². The lowest BCUT2D eigenvalue weighted by molar-refractivity contribution is -0.119. The molecular formula is C22H19N3O4. The number of hydrogen-bond acceptors (Lipinski definition) is 5. The fourth-order valence-electron chi connectivity index (χ4n) is 3.08. The molecule has 0 atom stereocenters. The molecule has 1 aliphatic heterocycles. The number of carbonyl (C=O) groups is 2. The molecule has 3 aromatic rings. The number of anilines is 1. The molecule has 1 N–H and O–H groups in total. The maximum Gasteiger partial charge on any atom is 0.274 e. The summed E-state index contributed by atoms with van der Waals surface area (Å²) in [5.41, 5.74) is 1.87. The molecule has 0 radical (unpaired) electrons. The summed E-state index contributed by atoms with van der Waals surface area (Å²) in [6, 6.07) is 12.5. The highest BCUT2D eigenvalue weighted by Gasteiger charge is 2.19. The van der Waals surface area contributed by atoms with Gasteiger partial charge >= 0.3 is 0 Å². The molecule has 7 heteroatoms. The van der Waals surface area contributed by atoms with Crippen molar-refractivity contribution >= 4 is 17.5 Å². The molecule has 0 unspecified atom stereocenters. The molecule has 0 aliphatic carbocycles. The quantitative estimate of drug-likeness (QED) is 0.692. The van der Waals surface area contributed by atoms with Gasteiger partial charge < -0.3 is 19.2 Å². The zero-order valence-corrected chi connectivity index (χ0v) is 15.7. The number of aromatic nitrogens is 1. The molecular weight excluding hydrogens is 370 g/mol. The third-order valence-electron chi connectivity index (χ3n) is 4.58. The van der Waals surface area contributed by atoms with E-state index in [1.807, 2.05) is 29.2 Å². The molecule has 1 saturated heterocycles. The predicted molar refractivity (Wildman–Crippen MR) is 106 cm³/mol. The third kappa shape index (κ3) is 4.38. The van der Waals surface area contributed by atoms with Gasteiger partial charge in [-0.15, -0.1) is 0 Å². The summed E-state index contributed by atoms with van der Waals surface area (Å²) in [7, 11) is 0. The van der Waals surface area contributed by atoms with E-state index < -0.39 is 0 Å². The van der Waals surface area contributed by atoms with Crippen molar-refractivity contribution in [2.24, 2.45) is 0 Å². The van der Waals surface area contributed by atoms with Gasteiger partial charge in [-0.2, -0.15) is 0 Å². The van der Waals surface area contributed by atoms with Crippen LogP contribution < -0.4 is 10.2 Å². The molecule has 1 fully saturated rings. The highest BCUT2D eigenvalue weighted by molar-refractivity contribution is 5.94. The zero-order chi connectivity index (χ0) is 20.1. The maximum atomic E-state index is 12.1. The Hall–Kier alpha value is -3.79. The van der Waals surface area contributed by atoms with Crippen molar-refractivity contribution < 1.29 is 18.5 Å². The Kier molecular flexibility index (Phi) is 5.43. The second-order valence-electron chi connectivity index (χ2n) is 6.59. The number of nitrogens with zero attached hydrogens (tertiary/aromatic N) is 2. The van der Waals surface area contributed by atoms with E-state index in [2.05, 4.69) is 22.3 Å². The van der Waals surface area contributed by atoms with E-state index in [0.717, 1.165) is 30.6 Å². The van der Waals surface area contributed by atoms with Crippen LogP contribution in [0.5, 0.6) is 0 Å². The summed E-state index contributed by atoms with van der Waals surface area (Å²) in [4.78, 5) is 25.9. The number of furan rings is 1. The molecule has 0 saturated carbocycles. The van der Waals surface area contributed by atoms with Gasteiger partial charge in [0.2, 0.25) is 11.7 Å². The molecule has 1 aliphatic rings. The van der Waals surface area contributed by atoms with Gasteiger partial charge in [0.15, 0.2) is 11.5 Å². The number of benzene rings is 1. The standard InChI is InChI=1S/C22H19N3O4/c26-21-7-1-2-13-25(21)17-10-8-16(9-11-17)5-3-12-23-22(27)18-15-20(29-24-18)19-6-4-14-28-19/h4,6,8-11,14-15H,1-2,7,12-13H2,(H,23,27). The first-order chi connectivity index (χ1) is 14.2. The van der Waals surface area contributed by atoms with E-state index in [1.165, 1.54) is 12.3 Å². The molecule has 0 spiro atoms. The smallest absolute Gasteiger partial charge is 0.274 e. The summed E-state index contributed by atoms with van der Waals surface area (Å²) < 4.78 is 10.3. The van der Waals surface area contributed by atoms with Gasteiger partial charge in [0.05, 0.1) is 12.8 Å². The maximum absolute atomic E-state index is 12.1. The first kappa shape index (κ1) is 18.6. The summed E-state index contributed by atoms with van der Waals surface area (Å²) in [5, 5.41) is 6.42. The molecule has 0 bridgehead atoms. The zero-order valence-electron chi connectivity index (χ0n) is 15.7. The van der Waals surface area contributed by atoms with Gasteiger partial charge in [-0.3, -0.25) is 9.59 Å². The van der Waals surface area contributed by atoms with Crippen LogP contribution in [0.3, 0.4) is 0 Å². The van der Waals surface area contributed by atoms with E-state index in [1.54, 1.807) is 12.1 Å². The Morgan fingerprint density at radius 2 is 2.03 bits per heavy atom. The second kappa shape index (κ2) is 8.48. The van der Waals surface area contributed by atoms with Crippen molar-refractivity contribution in [1.82, 2.24) is 10.5 Å². The average Bonchev–Trinajstić information content (AvgIpc) is 3.44. The van der Waals surface area contributed by atoms with Gasteiger partial charge in [-0.25, -0.2) is 0 Å². The minimum atomic E-state index is -0.375. The molecule has 7 nitrogen and oxygen atoms in total. The summed E-state index contributed by atoms with van der Waals surface area (Å²) >= 11 is 0. The van der Waals surface area contributed by atoms with Crippen LogP contribution in [-0.2, 0) is 4.79 Å². The number of rotatable bonds is 4. The van der Waals surface area contributed by atoms with Crippen LogP contribution in [0.25, 0.3) is 11.5 Å². The summed E-state index contributed by atoms with van der Waals surface area (Å²) in [6.45, 7) is 0.938. The molecule has 3 heterocycles. The lowest BCUT2D eigenvalue weighted by Crippen LogP contribution is -2.35. The van der Waals surface area contributed by atoms with Crippen LogP contribution in [0.2, 0.25) is 0 Å². The Morgan fingerprint density at radius 1 is 1.17 bits per heavy atom. The first-order valence-corrected chi connectivity index (χ1v) is 9.39. The fraction of sp³-hybridized carbons (Fsp3) is 0.227. The number of carbonyl (C=O) groups excluding carboxylic acids is 2. The van der Waals surface area contributed by atoms with E-state index >= 15 is 0 Å². The highest BCUT2D eigenvalue weighted by Crippen LogP contribution is 2.21. The Bertz CT molecular complexity index is 1060. The van der Waals surface area contributed by atoms with Crippen molar-refractivity contribution in [2.75, 3.05) is 18.0 Å². The van der Waals surface area contributed by atoms with Gasteiger partial charge in [0, 0.05) is 30.3 Å². The van der Waals surface area contributed by atoms with Crippen LogP contribution in [-0.4, -0.2) is 30.1 Å². The molecule has 29 heavy (non-hydrogen) atoms. The van der Waals surface area contributed by atoms with Crippen LogP contribution in [0, 0.1) is 11.8 Å². The van der Waals surface area contributed by atoms with E-state index in [4.69, 9.17) is 8.94 Å². The first-order valence-electron chi connectivity index (χ1n) is 9.39. The largest absolute Gasteiger partial charge is 0.461 e. The number of amides is 2. The Labute approximate surface area is 167 Å². The monoisotopic (exact) mass is 389 g/mol. The van der Waals surface area contributed by atoms with Crippen LogP contribution >= 0.6 is 0 Å². The van der Waals surface area contributed by atoms with E-state index in [9.17, 15) is 9.59 Å². The summed E-state index contributed by atoms with van der Waals surface area (Å²) in [6.07, 6.45) is 4.12.